The molecule has 128 valence electrons. The highest BCUT2D eigenvalue weighted by Gasteiger charge is 2.26. The number of carbonyl (C=O) groups excluding carboxylic acids is 1. The van der Waals surface area contributed by atoms with Crippen molar-refractivity contribution in [1.82, 2.24) is 19.5 Å². The Labute approximate surface area is 144 Å². The molecule has 0 radical (unpaired) electrons. The number of carbonyl (C=O) groups is 1. The fourth-order valence-corrected chi connectivity index (χ4v) is 3.21. The van der Waals surface area contributed by atoms with Crippen LogP contribution in [0.1, 0.15) is 24.6 Å². The van der Waals surface area contributed by atoms with Crippen LogP contribution in [0.5, 0.6) is 0 Å². The minimum Gasteiger partial charge on any atom is -0.324 e. The average Bonchev–Trinajstić information content (AvgIpc) is 3.08. The van der Waals surface area contributed by atoms with Gasteiger partial charge in [-0.15, -0.1) is 10.2 Å². The zero-order valence-corrected chi connectivity index (χ0v) is 13.6. The van der Waals surface area contributed by atoms with Gasteiger partial charge in [-0.05, 0) is 49.2 Å². The van der Waals surface area contributed by atoms with E-state index >= 15 is 0 Å². The molecule has 3 heterocycles. The van der Waals surface area contributed by atoms with Crippen LogP contribution >= 0.6 is 0 Å². The Kier molecular flexibility index (Phi) is 4.05. The summed E-state index contributed by atoms with van der Waals surface area (Å²) in [7, 11) is 0. The molecular formula is C18H18FN5O. The molecule has 1 aliphatic heterocycles. The summed E-state index contributed by atoms with van der Waals surface area (Å²) in [4.78, 5) is 14.1. The van der Waals surface area contributed by atoms with Gasteiger partial charge < -0.3 is 10.2 Å². The summed E-state index contributed by atoms with van der Waals surface area (Å²) in [6.07, 6.45) is 3.65. The number of hydrogen-bond donors (Lipinski definition) is 1. The zero-order valence-electron chi connectivity index (χ0n) is 13.6. The second-order valence-corrected chi connectivity index (χ2v) is 6.19. The van der Waals surface area contributed by atoms with Gasteiger partial charge in [-0.2, -0.15) is 0 Å². The molecule has 2 aromatic heterocycles. The van der Waals surface area contributed by atoms with E-state index in [9.17, 15) is 9.18 Å². The van der Waals surface area contributed by atoms with E-state index in [-0.39, 0.29) is 17.8 Å². The van der Waals surface area contributed by atoms with Crippen LogP contribution in [0.25, 0.3) is 5.65 Å². The highest BCUT2D eigenvalue weighted by atomic mass is 19.1. The Balaban J connectivity index is 1.39. The Bertz CT molecular complexity index is 884. The van der Waals surface area contributed by atoms with E-state index < -0.39 is 0 Å². The van der Waals surface area contributed by atoms with Crippen molar-refractivity contribution in [3.8, 4) is 0 Å². The Morgan fingerprint density at radius 1 is 1.08 bits per heavy atom. The summed E-state index contributed by atoms with van der Waals surface area (Å²) in [6, 6.07) is 11.5. The molecule has 0 bridgehead atoms. The minimum absolute atomic E-state index is 0.156. The highest BCUT2D eigenvalue weighted by Crippen LogP contribution is 2.27. The zero-order chi connectivity index (χ0) is 17.2. The number of benzene rings is 1. The van der Waals surface area contributed by atoms with E-state index in [1.807, 2.05) is 28.8 Å². The second-order valence-electron chi connectivity index (χ2n) is 6.19. The number of nitrogens with zero attached hydrogens (tertiary/aromatic N) is 4. The van der Waals surface area contributed by atoms with E-state index in [1.165, 1.54) is 12.1 Å². The highest BCUT2D eigenvalue weighted by molar-refractivity contribution is 5.89. The number of amides is 2. The number of pyridine rings is 1. The third-order valence-electron chi connectivity index (χ3n) is 4.58. The van der Waals surface area contributed by atoms with Crippen molar-refractivity contribution >= 4 is 17.4 Å². The standard InChI is InChI=1S/C18H18FN5O/c19-14-4-6-15(7-5-14)20-18(25)23-11-8-13(9-12-23)17-22-21-16-3-1-2-10-24(16)17/h1-7,10,13H,8-9,11-12H2,(H,20,25). The quantitative estimate of drug-likeness (QED) is 0.779. The van der Waals surface area contributed by atoms with Crippen molar-refractivity contribution in [2.75, 3.05) is 18.4 Å². The van der Waals surface area contributed by atoms with Crippen molar-refractivity contribution in [3.05, 3.63) is 60.3 Å². The SMILES string of the molecule is O=C(Nc1ccc(F)cc1)N1CCC(c2nnc3ccccn23)CC1. The van der Waals surface area contributed by atoms with Crippen LogP contribution in [-0.2, 0) is 0 Å². The number of urea groups is 1. The topological polar surface area (TPSA) is 62.5 Å². The molecule has 1 aliphatic rings. The number of likely N-dealkylation sites (tertiary alicyclic amines) is 1. The van der Waals surface area contributed by atoms with Gasteiger partial charge in [-0.3, -0.25) is 4.40 Å². The fourth-order valence-electron chi connectivity index (χ4n) is 3.21. The molecule has 25 heavy (non-hydrogen) atoms. The predicted octanol–water partition coefficient (Wildman–Crippen LogP) is 3.28. The number of piperidine rings is 1. The molecule has 4 rings (SSSR count). The molecule has 0 saturated carbocycles. The number of hydrogen-bond acceptors (Lipinski definition) is 3. The molecule has 2 amide bonds. The Morgan fingerprint density at radius 2 is 1.84 bits per heavy atom. The summed E-state index contributed by atoms with van der Waals surface area (Å²) in [6.45, 7) is 1.30. The maximum absolute atomic E-state index is 12.9. The van der Waals surface area contributed by atoms with E-state index in [1.54, 1.807) is 17.0 Å². The molecule has 1 aromatic carbocycles. The largest absolute Gasteiger partial charge is 0.324 e. The maximum atomic E-state index is 12.9. The summed E-state index contributed by atoms with van der Waals surface area (Å²) < 4.78 is 14.9. The van der Waals surface area contributed by atoms with E-state index in [2.05, 4.69) is 15.5 Å². The third-order valence-corrected chi connectivity index (χ3v) is 4.58. The molecule has 0 aliphatic carbocycles. The van der Waals surface area contributed by atoms with Gasteiger partial charge in [0.15, 0.2) is 5.65 Å². The van der Waals surface area contributed by atoms with Gasteiger partial charge in [0, 0.05) is 30.9 Å². The summed E-state index contributed by atoms with van der Waals surface area (Å²) >= 11 is 0. The number of aromatic nitrogens is 3. The molecule has 1 fully saturated rings. The minimum atomic E-state index is -0.320. The molecule has 0 atom stereocenters. The Morgan fingerprint density at radius 3 is 2.60 bits per heavy atom. The van der Waals surface area contributed by atoms with Crippen LogP contribution in [-0.4, -0.2) is 38.6 Å². The van der Waals surface area contributed by atoms with Crippen LogP contribution in [0, 0.1) is 5.82 Å². The van der Waals surface area contributed by atoms with Crippen molar-refractivity contribution in [2.24, 2.45) is 0 Å². The first-order chi connectivity index (χ1) is 12.2. The average molecular weight is 339 g/mol. The normalized spacial score (nSPS) is 15.5. The monoisotopic (exact) mass is 339 g/mol. The van der Waals surface area contributed by atoms with Gasteiger partial charge >= 0.3 is 6.03 Å². The first-order valence-electron chi connectivity index (χ1n) is 8.32. The number of fused-ring (bicyclic) bond motifs is 1. The molecule has 7 heteroatoms. The number of nitrogens with one attached hydrogen (secondary N) is 1. The second kappa shape index (κ2) is 6.51. The lowest BCUT2D eigenvalue weighted by Crippen LogP contribution is -2.40. The van der Waals surface area contributed by atoms with Gasteiger partial charge in [0.25, 0.3) is 0 Å². The molecule has 0 unspecified atom stereocenters. The van der Waals surface area contributed by atoms with Crippen LogP contribution in [0.2, 0.25) is 0 Å². The van der Waals surface area contributed by atoms with Crippen LogP contribution < -0.4 is 5.32 Å². The Hall–Kier alpha value is -2.96. The summed E-state index contributed by atoms with van der Waals surface area (Å²) in [5.41, 5.74) is 1.44. The predicted molar refractivity (Wildman–Crippen MR) is 92.0 cm³/mol. The van der Waals surface area contributed by atoms with Crippen molar-refractivity contribution < 1.29 is 9.18 Å². The van der Waals surface area contributed by atoms with Crippen LogP contribution in [0.15, 0.2) is 48.7 Å². The molecule has 1 saturated heterocycles. The van der Waals surface area contributed by atoms with Crippen molar-refractivity contribution in [2.45, 2.75) is 18.8 Å². The first-order valence-corrected chi connectivity index (χ1v) is 8.32. The van der Waals surface area contributed by atoms with Gasteiger partial charge in [0.1, 0.15) is 11.6 Å². The van der Waals surface area contributed by atoms with Crippen LogP contribution in [0.4, 0.5) is 14.9 Å². The molecule has 0 spiro atoms. The number of anilines is 1. The van der Waals surface area contributed by atoms with Gasteiger partial charge in [0.2, 0.25) is 0 Å². The van der Waals surface area contributed by atoms with E-state index in [0.717, 1.165) is 24.3 Å². The van der Waals surface area contributed by atoms with Gasteiger partial charge in [-0.25, -0.2) is 9.18 Å². The smallest absolute Gasteiger partial charge is 0.321 e. The van der Waals surface area contributed by atoms with E-state index in [0.29, 0.717) is 18.8 Å². The molecule has 6 nitrogen and oxygen atoms in total. The van der Waals surface area contributed by atoms with Crippen molar-refractivity contribution in [1.29, 1.82) is 0 Å². The lowest BCUT2D eigenvalue weighted by molar-refractivity contribution is 0.193. The van der Waals surface area contributed by atoms with E-state index in [4.69, 9.17) is 0 Å². The first kappa shape index (κ1) is 15.6. The maximum Gasteiger partial charge on any atom is 0.321 e. The molecular weight excluding hydrogens is 321 g/mol. The molecule has 3 aromatic rings. The number of rotatable bonds is 2. The lowest BCUT2D eigenvalue weighted by atomic mass is 9.96. The lowest BCUT2D eigenvalue weighted by Gasteiger charge is -2.31. The third kappa shape index (κ3) is 3.17. The van der Waals surface area contributed by atoms with Gasteiger partial charge in [0.05, 0.1) is 0 Å². The fraction of sp³-hybridized carbons (Fsp3) is 0.278. The molecule has 1 N–H and O–H groups in total. The van der Waals surface area contributed by atoms with Crippen LogP contribution in [0.3, 0.4) is 0 Å². The summed E-state index contributed by atoms with van der Waals surface area (Å²) in [5, 5.41) is 11.3. The summed E-state index contributed by atoms with van der Waals surface area (Å²) in [5.74, 6) is 0.917. The number of halogens is 1. The van der Waals surface area contributed by atoms with Gasteiger partial charge in [-0.1, -0.05) is 6.07 Å². The van der Waals surface area contributed by atoms with Crippen molar-refractivity contribution in [3.63, 3.8) is 0 Å².